The first-order valence-electron chi connectivity index (χ1n) is 9.48. The second kappa shape index (κ2) is 9.31. The highest BCUT2D eigenvalue weighted by molar-refractivity contribution is 7.91. The Labute approximate surface area is 164 Å². The minimum Gasteiger partial charge on any atom is -0.448 e. The van der Waals surface area contributed by atoms with Gasteiger partial charge in [-0.1, -0.05) is 13.3 Å². The van der Waals surface area contributed by atoms with Crippen LogP contribution in [0.1, 0.15) is 50.5 Å². The van der Waals surface area contributed by atoms with Crippen LogP contribution in [0.2, 0.25) is 0 Å². The zero-order chi connectivity index (χ0) is 20.9. The molecule has 2 rings (SSSR count). The van der Waals surface area contributed by atoms with Gasteiger partial charge in [0, 0.05) is 25.2 Å². The molecule has 1 amide bonds. The van der Waals surface area contributed by atoms with E-state index in [1.54, 1.807) is 6.92 Å². The van der Waals surface area contributed by atoms with Crippen molar-refractivity contribution >= 4 is 21.7 Å². The Morgan fingerprint density at radius 1 is 1.36 bits per heavy atom. The fraction of sp³-hybridized carbons (Fsp3) is 0.667. The molecule has 1 aliphatic rings. The summed E-state index contributed by atoms with van der Waals surface area (Å²) >= 11 is 0. The van der Waals surface area contributed by atoms with Gasteiger partial charge in [0.1, 0.15) is 0 Å². The van der Waals surface area contributed by atoms with Gasteiger partial charge in [-0.25, -0.2) is 17.9 Å². The Morgan fingerprint density at radius 2 is 2.07 bits per heavy atom. The Bertz CT molecular complexity index is 880. The standard InChI is InChI=1S/C18H27N3O6S/c1-4-6-10-21-16(22)8-7-15(19-21)18(24)27-13(3)17(23)20(5-2)14-9-11-28(25,26)12-14/h7-8,13-14H,4-6,9-12H2,1-3H3. The van der Waals surface area contributed by atoms with Crippen LogP contribution in [0.4, 0.5) is 0 Å². The summed E-state index contributed by atoms with van der Waals surface area (Å²) in [5.74, 6) is -1.27. The van der Waals surface area contributed by atoms with Crippen molar-refractivity contribution in [1.29, 1.82) is 0 Å². The maximum Gasteiger partial charge on any atom is 0.359 e. The molecule has 1 aliphatic heterocycles. The van der Waals surface area contributed by atoms with E-state index in [0.717, 1.165) is 12.8 Å². The summed E-state index contributed by atoms with van der Waals surface area (Å²) < 4.78 is 29.8. The van der Waals surface area contributed by atoms with Crippen LogP contribution in [-0.4, -0.2) is 65.2 Å². The number of carbonyl (C=O) groups excluding carboxylic acids is 2. The molecule has 1 saturated heterocycles. The molecule has 2 unspecified atom stereocenters. The van der Waals surface area contributed by atoms with Gasteiger partial charge in [-0.05, 0) is 32.8 Å². The van der Waals surface area contributed by atoms with E-state index in [2.05, 4.69) is 5.10 Å². The average molecular weight is 413 g/mol. The highest BCUT2D eigenvalue weighted by Gasteiger charge is 2.36. The number of hydrogen-bond donors (Lipinski definition) is 0. The Balaban J connectivity index is 2.06. The molecule has 0 spiro atoms. The van der Waals surface area contributed by atoms with Gasteiger partial charge in [0.2, 0.25) is 0 Å². The van der Waals surface area contributed by atoms with E-state index in [4.69, 9.17) is 4.74 Å². The number of aryl methyl sites for hydroxylation is 1. The van der Waals surface area contributed by atoms with Crippen LogP contribution in [0.5, 0.6) is 0 Å². The van der Waals surface area contributed by atoms with Crippen LogP contribution in [0, 0.1) is 0 Å². The van der Waals surface area contributed by atoms with Crippen molar-refractivity contribution in [3.8, 4) is 0 Å². The number of sulfone groups is 1. The van der Waals surface area contributed by atoms with Gasteiger partial charge < -0.3 is 9.64 Å². The second-order valence-corrected chi connectivity index (χ2v) is 9.09. The summed E-state index contributed by atoms with van der Waals surface area (Å²) in [6.07, 6.45) is 0.911. The van der Waals surface area contributed by atoms with Crippen LogP contribution >= 0.6 is 0 Å². The molecule has 10 heteroatoms. The fourth-order valence-electron chi connectivity index (χ4n) is 3.15. The van der Waals surface area contributed by atoms with Crippen molar-refractivity contribution in [3.05, 3.63) is 28.2 Å². The zero-order valence-electron chi connectivity index (χ0n) is 16.5. The molecule has 1 fully saturated rings. The van der Waals surface area contributed by atoms with E-state index in [1.165, 1.54) is 28.6 Å². The first-order valence-corrected chi connectivity index (χ1v) is 11.3. The lowest BCUT2D eigenvalue weighted by molar-refractivity contribution is -0.141. The number of hydrogen-bond acceptors (Lipinski definition) is 7. The molecule has 1 aromatic rings. The smallest absolute Gasteiger partial charge is 0.359 e. The molecule has 1 aromatic heterocycles. The lowest BCUT2D eigenvalue weighted by atomic mass is 10.2. The van der Waals surface area contributed by atoms with Crippen molar-refractivity contribution < 1.29 is 22.7 Å². The molecule has 9 nitrogen and oxygen atoms in total. The lowest BCUT2D eigenvalue weighted by Gasteiger charge is -2.29. The fourth-order valence-corrected chi connectivity index (χ4v) is 4.88. The third-order valence-corrected chi connectivity index (χ3v) is 6.45. The first-order chi connectivity index (χ1) is 13.2. The van der Waals surface area contributed by atoms with Crippen LogP contribution in [0.3, 0.4) is 0 Å². The van der Waals surface area contributed by atoms with Gasteiger partial charge in [0.15, 0.2) is 21.6 Å². The van der Waals surface area contributed by atoms with Gasteiger partial charge in [-0.15, -0.1) is 0 Å². The summed E-state index contributed by atoms with van der Waals surface area (Å²) in [5.41, 5.74) is -0.365. The molecule has 0 aliphatic carbocycles. The summed E-state index contributed by atoms with van der Waals surface area (Å²) in [4.78, 5) is 38.3. The largest absolute Gasteiger partial charge is 0.448 e. The predicted molar refractivity (Wildman–Crippen MR) is 103 cm³/mol. The third-order valence-electron chi connectivity index (χ3n) is 4.70. The zero-order valence-corrected chi connectivity index (χ0v) is 17.3. The monoisotopic (exact) mass is 413 g/mol. The lowest BCUT2D eigenvalue weighted by Crippen LogP contribution is -2.46. The molecule has 28 heavy (non-hydrogen) atoms. The molecular formula is C18H27N3O6S. The molecule has 0 radical (unpaired) electrons. The number of carbonyl (C=O) groups is 2. The molecule has 0 saturated carbocycles. The molecule has 2 heterocycles. The van der Waals surface area contributed by atoms with Crippen LogP contribution in [0.25, 0.3) is 0 Å². The number of nitrogens with zero attached hydrogens (tertiary/aromatic N) is 3. The Kier molecular flexibility index (Phi) is 7.34. The molecule has 156 valence electrons. The normalized spacial score (nSPS) is 19.2. The summed E-state index contributed by atoms with van der Waals surface area (Å²) in [5, 5.41) is 4.01. The minimum absolute atomic E-state index is 0.0538. The molecular weight excluding hydrogens is 386 g/mol. The van der Waals surface area contributed by atoms with Crippen LogP contribution < -0.4 is 5.56 Å². The summed E-state index contributed by atoms with van der Waals surface area (Å²) in [7, 11) is -3.14. The maximum absolute atomic E-state index is 12.7. The summed E-state index contributed by atoms with van der Waals surface area (Å²) in [6, 6.07) is 2.11. The van der Waals surface area contributed by atoms with E-state index in [0.29, 0.717) is 19.5 Å². The topological polar surface area (TPSA) is 116 Å². The van der Waals surface area contributed by atoms with E-state index < -0.39 is 33.9 Å². The van der Waals surface area contributed by atoms with Crippen molar-refractivity contribution in [1.82, 2.24) is 14.7 Å². The second-order valence-electron chi connectivity index (χ2n) is 6.86. The van der Waals surface area contributed by atoms with Crippen molar-refractivity contribution in [3.63, 3.8) is 0 Å². The summed E-state index contributed by atoms with van der Waals surface area (Å²) in [6.45, 7) is 5.89. The predicted octanol–water partition coefficient (Wildman–Crippen LogP) is 0.624. The van der Waals surface area contributed by atoms with E-state index >= 15 is 0 Å². The number of rotatable bonds is 8. The first kappa shape index (κ1) is 22.1. The molecule has 0 aromatic carbocycles. The number of esters is 1. The van der Waals surface area contributed by atoms with Gasteiger partial charge in [-0.3, -0.25) is 9.59 Å². The number of unbranched alkanes of at least 4 members (excludes halogenated alkanes) is 1. The highest BCUT2D eigenvalue weighted by atomic mass is 32.2. The molecule has 2 atom stereocenters. The van der Waals surface area contributed by atoms with Crippen molar-refractivity contribution in [2.45, 2.75) is 58.7 Å². The van der Waals surface area contributed by atoms with Crippen molar-refractivity contribution in [2.24, 2.45) is 0 Å². The average Bonchev–Trinajstić information content (AvgIpc) is 3.00. The van der Waals surface area contributed by atoms with Gasteiger partial charge in [-0.2, -0.15) is 5.10 Å². The molecule has 0 N–H and O–H groups in total. The van der Waals surface area contributed by atoms with Gasteiger partial charge in [0.25, 0.3) is 11.5 Å². The highest BCUT2D eigenvalue weighted by Crippen LogP contribution is 2.19. The third kappa shape index (κ3) is 5.40. The number of ether oxygens (including phenoxy) is 1. The van der Waals surface area contributed by atoms with Gasteiger partial charge >= 0.3 is 5.97 Å². The van der Waals surface area contributed by atoms with Crippen LogP contribution in [-0.2, 0) is 25.9 Å². The molecule has 0 bridgehead atoms. The van der Waals surface area contributed by atoms with E-state index in [9.17, 15) is 22.8 Å². The minimum atomic E-state index is -3.14. The number of aromatic nitrogens is 2. The maximum atomic E-state index is 12.7. The van der Waals surface area contributed by atoms with Gasteiger partial charge in [0.05, 0.1) is 11.5 Å². The van der Waals surface area contributed by atoms with E-state index in [-0.39, 0.29) is 22.8 Å². The SMILES string of the molecule is CCCCn1nc(C(=O)OC(C)C(=O)N(CC)C2CCS(=O)(=O)C2)ccc1=O. The van der Waals surface area contributed by atoms with Crippen molar-refractivity contribution in [2.75, 3.05) is 18.1 Å². The Morgan fingerprint density at radius 3 is 2.64 bits per heavy atom. The Hall–Kier alpha value is -2.23. The quantitative estimate of drug-likeness (QED) is 0.574. The van der Waals surface area contributed by atoms with Crippen LogP contribution in [0.15, 0.2) is 16.9 Å². The van der Waals surface area contributed by atoms with E-state index in [1.807, 2.05) is 6.92 Å². The number of amides is 1. The number of likely N-dealkylation sites (N-methyl/N-ethyl adjacent to an activating group) is 1.